The maximum Gasteiger partial charge on any atom is 0.229 e. The second kappa shape index (κ2) is 15.2. The molecule has 0 radical (unpaired) electrons. The highest BCUT2D eigenvalue weighted by Gasteiger charge is 2.72. The van der Waals surface area contributed by atoms with Crippen LogP contribution in [0.3, 0.4) is 0 Å². The molecule has 12 nitrogen and oxygen atoms in total. The molecule has 61 heavy (non-hydrogen) atoms. The van der Waals surface area contributed by atoms with E-state index >= 15 is 4.79 Å². The van der Waals surface area contributed by atoms with Gasteiger partial charge >= 0.3 is 0 Å². The van der Waals surface area contributed by atoms with Crippen molar-refractivity contribution in [2.45, 2.75) is 106 Å². The van der Waals surface area contributed by atoms with E-state index in [0.29, 0.717) is 30.1 Å². The lowest BCUT2D eigenvalue weighted by Gasteiger charge is -2.63. The largest absolute Gasteiger partial charge is 0.511 e. The number of hydrogen-bond donors (Lipinski definition) is 7. The lowest BCUT2D eigenvalue weighted by atomic mass is 9.51. The minimum absolute atomic E-state index is 0.0247. The molecule has 7 bridgehead atoms. The number of Topliss-reactive ketones (excluding diaryl/α,β-unsaturated/α-hetero) is 2. The molecule has 1 aromatic heterocycles. The summed E-state index contributed by atoms with van der Waals surface area (Å²) >= 11 is 0. The molecule has 3 aromatic rings. The summed E-state index contributed by atoms with van der Waals surface area (Å²) in [6.07, 6.45) is 7.53. The third kappa shape index (κ3) is 6.22. The average molecular weight is 869 g/mol. The number of rotatable bonds is 4. The van der Waals surface area contributed by atoms with Crippen molar-refractivity contribution in [3.63, 3.8) is 0 Å². The monoisotopic (exact) mass is 868 g/mol. The summed E-state index contributed by atoms with van der Waals surface area (Å²) in [5.41, 5.74) is -3.07. The van der Waals surface area contributed by atoms with Gasteiger partial charge in [0.1, 0.15) is 46.2 Å². The van der Waals surface area contributed by atoms with Crippen molar-refractivity contribution in [2.75, 3.05) is 23.6 Å². The van der Waals surface area contributed by atoms with E-state index in [1.54, 1.807) is 30.5 Å². The number of anilines is 1. The number of allylic oxidation sites excluding steroid dienone is 4. The molecule has 14 heteroatoms. The highest BCUT2D eigenvalue weighted by atomic mass is 33.1. The maximum absolute atomic E-state index is 15.3. The highest BCUT2D eigenvalue weighted by molar-refractivity contribution is 8.76. The van der Waals surface area contributed by atoms with Gasteiger partial charge in [0, 0.05) is 28.8 Å². The molecule has 9 atom stereocenters. The molecule has 5 aliphatic carbocycles. The number of hydrogen-bond acceptors (Lipinski definition) is 14. The zero-order valence-corrected chi connectivity index (χ0v) is 35.4. The number of carbonyl (C=O) groups excluding carboxylic acids is 2. The molecule has 10 rings (SSSR count). The number of nitrogens with zero attached hydrogens (tertiary/aromatic N) is 1. The van der Waals surface area contributed by atoms with Crippen LogP contribution in [-0.4, -0.2) is 95.1 Å². The zero-order chi connectivity index (χ0) is 42.4. The number of carbonyl (C=O) groups is 2. The number of pyridine rings is 1. The third-order valence-corrected chi connectivity index (χ3v) is 17.8. The lowest BCUT2D eigenvalue weighted by molar-refractivity contribution is -0.381. The fourth-order valence-corrected chi connectivity index (χ4v) is 14.8. The van der Waals surface area contributed by atoms with Gasteiger partial charge in [-0.25, -0.2) is 4.98 Å². The quantitative estimate of drug-likeness (QED) is 0.152. The van der Waals surface area contributed by atoms with Crippen molar-refractivity contribution in [3.05, 3.63) is 112 Å². The Hall–Kier alpha value is -3.73. The first-order valence-electron chi connectivity index (χ1n) is 21.4. The van der Waals surface area contributed by atoms with Crippen molar-refractivity contribution in [1.82, 2.24) is 4.98 Å². The van der Waals surface area contributed by atoms with Crippen LogP contribution in [-0.2, 0) is 23.2 Å². The van der Waals surface area contributed by atoms with Crippen molar-refractivity contribution < 1.29 is 49.7 Å². The van der Waals surface area contributed by atoms with Gasteiger partial charge in [0.15, 0.2) is 11.6 Å². The first-order valence-corrected chi connectivity index (χ1v) is 23.9. The molecule has 3 heterocycles. The van der Waals surface area contributed by atoms with Crippen molar-refractivity contribution in [2.24, 2.45) is 22.7 Å². The molecule has 7 aliphatic rings. The van der Waals surface area contributed by atoms with Gasteiger partial charge in [-0.1, -0.05) is 76.9 Å². The Morgan fingerprint density at radius 2 is 1.74 bits per heavy atom. The fraction of sp³-hybridized carbons (Fsp3) is 0.511. The number of fused-ring (bicyclic) bond motifs is 6. The van der Waals surface area contributed by atoms with E-state index < -0.39 is 70.5 Å². The highest BCUT2D eigenvalue weighted by Crippen LogP contribution is 2.66. The van der Waals surface area contributed by atoms with E-state index in [1.807, 2.05) is 36.4 Å². The molecule has 4 fully saturated rings. The van der Waals surface area contributed by atoms with E-state index in [9.17, 15) is 35.4 Å². The Kier molecular flexibility index (Phi) is 10.3. The number of aromatic nitrogens is 1. The average Bonchev–Trinajstić information content (AvgIpc) is 3.90. The van der Waals surface area contributed by atoms with Crippen molar-refractivity contribution in [3.8, 4) is 5.75 Å². The molecule has 3 spiro atoms. The van der Waals surface area contributed by atoms with Crippen LogP contribution in [0, 0.1) is 22.7 Å². The van der Waals surface area contributed by atoms with Crippen LogP contribution in [0.4, 0.5) is 5.82 Å². The van der Waals surface area contributed by atoms with Gasteiger partial charge in [0.25, 0.3) is 0 Å². The maximum atomic E-state index is 15.3. The Labute approximate surface area is 362 Å². The molecule has 322 valence electrons. The van der Waals surface area contributed by atoms with Gasteiger partial charge in [-0.3, -0.25) is 9.59 Å². The smallest absolute Gasteiger partial charge is 0.229 e. The summed E-state index contributed by atoms with van der Waals surface area (Å²) in [7, 11) is 2.79. The molecule has 0 amide bonds. The molecule has 0 unspecified atom stereocenters. The number of aliphatic hydroxyl groups is 6. The Morgan fingerprint density at radius 3 is 2.54 bits per heavy atom. The Morgan fingerprint density at radius 1 is 0.934 bits per heavy atom. The van der Waals surface area contributed by atoms with Crippen molar-refractivity contribution >= 4 is 39.0 Å². The van der Waals surface area contributed by atoms with E-state index in [1.165, 1.54) is 27.7 Å². The third-order valence-electron chi connectivity index (χ3n) is 15.6. The van der Waals surface area contributed by atoms with Gasteiger partial charge in [-0.2, -0.15) is 0 Å². The van der Waals surface area contributed by atoms with E-state index in [4.69, 9.17) is 9.47 Å². The minimum atomic E-state index is -2.23. The fourth-order valence-electron chi connectivity index (χ4n) is 12.6. The number of ether oxygens (including phenoxy) is 2. The molecule has 2 aromatic carbocycles. The number of aliphatic hydroxyl groups excluding tert-OH is 5. The van der Waals surface area contributed by atoms with Crippen LogP contribution in [0.15, 0.2) is 84.3 Å². The van der Waals surface area contributed by atoms with Crippen LogP contribution in [0.1, 0.15) is 95.2 Å². The van der Waals surface area contributed by atoms with Gasteiger partial charge in [0.2, 0.25) is 6.29 Å². The first-order chi connectivity index (χ1) is 29.4. The summed E-state index contributed by atoms with van der Waals surface area (Å²) in [5.74, 6) is -2.03. The SMILES string of the molecule is O=C1c2cccc3c2C(=O)[C@]2(CSSCNc4cc(ccn4)[C@@]4(CCC5(CCCC5)C4)[C@H]4CC[C@]5(CO)O[C@@H](O3)[C@H](O)[C@@]4(O)[C@@H]5O)C(O)=CC(Cc3cccc(CO)c3)=C[C@H]12. The van der Waals surface area contributed by atoms with E-state index in [-0.39, 0.29) is 46.8 Å². The number of benzene rings is 2. The zero-order valence-electron chi connectivity index (χ0n) is 33.8. The summed E-state index contributed by atoms with van der Waals surface area (Å²) in [6, 6.07) is 16.0. The molecule has 3 saturated carbocycles. The van der Waals surface area contributed by atoms with Crippen molar-refractivity contribution in [1.29, 1.82) is 0 Å². The van der Waals surface area contributed by atoms with Gasteiger partial charge in [-0.15, -0.1) is 0 Å². The predicted molar refractivity (Wildman–Crippen MR) is 230 cm³/mol. The van der Waals surface area contributed by atoms with Crippen LogP contribution in [0.25, 0.3) is 0 Å². The molecular weight excluding hydrogens is 817 g/mol. The molecule has 1 saturated heterocycles. The van der Waals surface area contributed by atoms with Crippen LogP contribution >= 0.6 is 21.6 Å². The molecule has 2 aliphatic heterocycles. The van der Waals surface area contributed by atoms with Crippen LogP contribution < -0.4 is 10.1 Å². The predicted octanol–water partition coefficient (Wildman–Crippen LogP) is 5.96. The van der Waals surface area contributed by atoms with E-state index in [0.717, 1.165) is 61.6 Å². The molecular formula is C47H52N2O10S2. The summed E-state index contributed by atoms with van der Waals surface area (Å²) < 4.78 is 12.9. The lowest BCUT2D eigenvalue weighted by Crippen LogP contribution is -2.79. The summed E-state index contributed by atoms with van der Waals surface area (Å²) in [6.45, 7) is -0.803. The summed E-state index contributed by atoms with van der Waals surface area (Å²) in [4.78, 5) is 34.8. The Bertz CT molecular complexity index is 2330. The minimum Gasteiger partial charge on any atom is -0.511 e. The second-order valence-electron chi connectivity index (χ2n) is 18.6. The van der Waals surface area contributed by atoms with Crippen LogP contribution in [0.2, 0.25) is 0 Å². The standard InChI is InChI=1S/C47H52N2O10S2/c50-22-28-6-3-5-27(17-28)18-29-19-32-38(53)31-7-4-8-33-37(31)39(54)46(32,35(52)20-29)25-60-61-26-49-36-21-30(10-16-48-36)44(15-14-43(23-44)11-1-2-12-43)34-9-13-45(24-51)42(56)47(34,57)40(55)41(58-33)59-45/h3-8,10,16-17,19-21,32,34,40-42,50-52,55-57H,1-2,9,11-15,18,22-26H2,(H,48,49)/t32-,34-,40+,41-,42-,44+,45-,46+,47-/m1/s1. The molecule has 7 N–H and O–H groups in total. The summed E-state index contributed by atoms with van der Waals surface area (Å²) in [5, 5.41) is 74.3. The normalized spacial score (nSPS) is 36.4. The topological polar surface area (TPSA) is 199 Å². The van der Waals surface area contributed by atoms with Gasteiger partial charge < -0.3 is 45.4 Å². The van der Waals surface area contributed by atoms with Gasteiger partial charge in [-0.05, 0) is 103 Å². The number of nitrogens with one attached hydrogen (secondary N) is 1. The first kappa shape index (κ1) is 41.3. The second-order valence-corrected chi connectivity index (χ2v) is 21.0. The van der Waals surface area contributed by atoms with Gasteiger partial charge in [0.05, 0.1) is 30.6 Å². The Balaban J connectivity index is 1.10. The number of ketones is 2. The van der Waals surface area contributed by atoms with E-state index in [2.05, 4.69) is 10.3 Å². The van der Waals surface area contributed by atoms with Crippen LogP contribution in [0.5, 0.6) is 5.75 Å².